The number of hydrogen-bond donors (Lipinski definition) is 1. The minimum atomic E-state index is -3.46. The highest BCUT2D eigenvalue weighted by Crippen LogP contribution is 2.17. The van der Waals surface area contributed by atoms with Crippen LogP contribution in [0.1, 0.15) is 46.4 Å². The average molecular weight is 301 g/mol. The zero-order valence-electron chi connectivity index (χ0n) is 13.2. The Morgan fingerprint density at radius 2 is 1.65 bits per heavy atom. The van der Waals surface area contributed by atoms with Gasteiger partial charge < -0.3 is 4.98 Å². The Kier molecular flexibility index (Phi) is 6.20. The molecule has 0 unspecified atom stereocenters. The summed E-state index contributed by atoms with van der Waals surface area (Å²) >= 11 is 0. The molecule has 0 amide bonds. The van der Waals surface area contributed by atoms with Crippen LogP contribution >= 0.6 is 0 Å². The summed E-state index contributed by atoms with van der Waals surface area (Å²) in [6, 6.07) is 0. The SMILES string of the molecule is Cc1ncc(S(=O)(=O)N(CCC(C)C)CCC(C)C)[nH]1. The van der Waals surface area contributed by atoms with Crippen LogP contribution in [0.25, 0.3) is 0 Å². The van der Waals surface area contributed by atoms with Crippen molar-refractivity contribution >= 4 is 10.0 Å². The lowest BCUT2D eigenvalue weighted by Gasteiger charge is -2.23. The molecule has 0 aliphatic carbocycles. The van der Waals surface area contributed by atoms with Gasteiger partial charge in [0.2, 0.25) is 0 Å². The normalized spacial score (nSPS) is 12.8. The van der Waals surface area contributed by atoms with Crippen LogP contribution in [0.3, 0.4) is 0 Å². The van der Waals surface area contributed by atoms with Crippen LogP contribution in [0.2, 0.25) is 0 Å². The molecule has 0 bridgehead atoms. The molecule has 1 aromatic rings. The van der Waals surface area contributed by atoms with Gasteiger partial charge in [0.1, 0.15) is 5.82 Å². The van der Waals surface area contributed by atoms with Gasteiger partial charge in [0.25, 0.3) is 10.0 Å². The molecule has 0 aliphatic rings. The van der Waals surface area contributed by atoms with Gasteiger partial charge in [0.05, 0.1) is 6.20 Å². The highest BCUT2D eigenvalue weighted by atomic mass is 32.2. The molecule has 0 atom stereocenters. The van der Waals surface area contributed by atoms with E-state index in [1.807, 2.05) is 0 Å². The van der Waals surface area contributed by atoms with Crippen molar-refractivity contribution < 1.29 is 8.42 Å². The molecular weight excluding hydrogens is 274 g/mol. The molecule has 0 saturated heterocycles. The molecule has 0 aliphatic heterocycles. The first-order valence-corrected chi connectivity index (χ1v) is 8.69. The molecule has 1 rings (SSSR count). The van der Waals surface area contributed by atoms with E-state index >= 15 is 0 Å². The van der Waals surface area contributed by atoms with Gasteiger partial charge >= 0.3 is 0 Å². The fourth-order valence-electron chi connectivity index (χ4n) is 1.83. The number of sulfonamides is 1. The number of nitrogens with one attached hydrogen (secondary N) is 1. The molecule has 1 N–H and O–H groups in total. The molecular formula is C14H27N3O2S. The van der Waals surface area contributed by atoms with Crippen LogP contribution in [-0.4, -0.2) is 35.8 Å². The number of aryl methyl sites for hydroxylation is 1. The summed E-state index contributed by atoms with van der Waals surface area (Å²) in [6.45, 7) is 11.3. The van der Waals surface area contributed by atoms with Crippen molar-refractivity contribution in [2.24, 2.45) is 11.8 Å². The summed E-state index contributed by atoms with van der Waals surface area (Å²) in [4.78, 5) is 6.83. The maximum atomic E-state index is 12.6. The fourth-order valence-corrected chi connectivity index (χ4v) is 3.26. The van der Waals surface area contributed by atoms with E-state index in [0.717, 1.165) is 12.8 Å². The standard InChI is InChI=1S/C14H27N3O2S/c1-11(2)6-8-17(9-7-12(3)4)20(18,19)14-10-15-13(5)16-14/h10-12H,6-9H2,1-5H3,(H,15,16). The molecule has 20 heavy (non-hydrogen) atoms. The molecule has 0 aromatic carbocycles. The summed E-state index contributed by atoms with van der Waals surface area (Å²) in [5, 5.41) is 0.197. The van der Waals surface area contributed by atoms with Crippen molar-refractivity contribution in [3.8, 4) is 0 Å². The van der Waals surface area contributed by atoms with Crippen LogP contribution in [-0.2, 0) is 10.0 Å². The number of hydrogen-bond acceptors (Lipinski definition) is 3. The van der Waals surface area contributed by atoms with Crippen molar-refractivity contribution in [3.63, 3.8) is 0 Å². The summed E-state index contributed by atoms with van der Waals surface area (Å²) in [5.41, 5.74) is 0. The van der Waals surface area contributed by atoms with Crippen LogP contribution in [0.5, 0.6) is 0 Å². The Bertz CT molecular complexity index is 494. The largest absolute Gasteiger partial charge is 0.332 e. The predicted molar refractivity (Wildman–Crippen MR) is 81.0 cm³/mol. The number of aromatic amines is 1. The second-order valence-electron chi connectivity index (χ2n) is 6.10. The Morgan fingerprint density at radius 1 is 1.15 bits per heavy atom. The fraction of sp³-hybridized carbons (Fsp3) is 0.786. The molecule has 1 heterocycles. The summed E-state index contributed by atoms with van der Waals surface area (Å²) in [5.74, 6) is 1.58. The number of imidazole rings is 1. The molecule has 0 fully saturated rings. The van der Waals surface area contributed by atoms with Crippen molar-refractivity contribution in [3.05, 3.63) is 12.0 Å². The smallest absolute Gasteiger partial charge is 0.260 e. The van der Waals surface area contributed by atoms with Crippen LogP contribution in [0.15, 0.2) is 11.2 Å². The highest BCUT2D eigenvalue weighted by Gasteiger charge is 2.26. The van der Waals surface area contributed by atoms with Gasteiger partial charge in [0, 0.05) is 13.1 Å². The lowest BCUT2D eigenvalue weighted by Crippen LogP contribution is -2.34. The van der Waals surface area contributed by atoms with Gasteiger partial charge in [-0.25, -0.2) is 13.4 Å². The number of rotatable bonds is 8. The predicted octanol–water partition coefficient (Wildman–Crippen LogP) is 2.80. The van der Waals surface area contributed by atoms with Crippen LogP contribution in [0.4, 0.5) is 0 Å². The molecule has 0 spiro atoms. The summed E-state index contributed by atoms with van der Waals surface area (Å²) < 4.78 is 26.8. The molecule has 1 aromatic heterocycles. The summed E-state index contributed by atoms with van der Waals surface area (Å²) in [6.07, 6.45) is 3.14. The van der Waals surface area contributed by atoms with Gasteiger partial charge in [-0.15, -0.1) is 0 Å². The van der Waals surface area contributed by atoms with Crippen LogP contribution in [0, 0.1) is 18.8 Å². The first kappa shape index (κ1) is 17.2. The zero-order chi connectivity index (χ0) is 15.3. The lowest BCUT2D eigenvalue weighted by molar-refractivity contribution is 0.356. The van der Waals surface area contributed by atoms with Gasteiger partial charge in [-0.2, -0.15) is 4.31 Å². The highest BCUT2D eigenvalue weighted by molar-refractivity contribution is 7.89. The second kappa shape index (κ2) is 7.22. The average Bonchev–Trinajstić information content (AvgIpc) is 2.75. The second-order valence-corrected chi connectivity index (χ2v) is 8.01. The van der Waals surface area contributed by atoms with E-state index in [1.165, 1.54) is 6.20 Å². The quantitative estimate of drug-likeness (QED) is 0.803. The third-order valence-electron chi connectivity index (χ3n) is 3.21. The van der Waals surface area contributed by atoms with Crippen molar-refractivity contribution in [2.75, 3.05) is 13.1 Å². The molecule has 0 radical (unpaired) electrons. The van der Waals surface area contributed by atoms with E-state index in [4.69, 9.17) is 0 Å². The minimum Gasteiger partial charge on any atom is -0.332 e. The Hall–Kier alpha value is -0.880. The van der Waals surface area contributed by atoms with Gasteiger partial charge in [-0.1, -0.05) is 27.7 Å². The number of H-pyrrole nitrogens is 1. The third kappa shape index (κ3) is 4.90. The zero-order valence-corrected chi connectivity index (χ0v) is 14.0. The third-order valence-corrected chi connectivity index (χ3v) is 5.02. The topological polar surface area (TPSA) is 66.1 Å². The number of nitrogens with zero attached hydrogens (tertiary/aromatic N) is 2. The summed E-state index contributed by atoms with van der Waals surface area (Å²) in [7, 11) is -3.46. The minimum absolute atomic E-state index is 0.197. The van der Waals surface area contributed by atoms with E-state index in [-0.39, 0.29) is 5.03 Å². The Morgan fingerprint density at radius 3 is 2.00 bits per heavy atom. The molecule has 0 saturated carbocycles. The van der Waals surface area contributed by atoms with E-state index in [9.17, 15) is 8.42 Å². The Balaban J connectivity index is 2.89. The maximum Gasteiger partial charge on any atom is 0.260 e. The lowest BCUT2D eigenvalue weighted by atomic mass is 10.1. The first-order valence-electron chi connectivity index (χ1n) is 7.25. The van der Waals surface area contributed by atoms with Gasteiger partial charge in [-0.3, -0.25) is 0 Å². The van der Waals surface area contributed by atoms with Gasteiger partial charge in [-0.05, 0) is 31.6 Å². The van der Waals surface area contributed by atoms with Crippen molar-refractivity contribution in [1.29, 1.82) is 0 Å². The van der Waals surface area contributed by atoms with E-state index in [2.05, 4.69) is 37.7 Å². The van der Waals surface area contributed by atoms with Crippen LogP contribution < -0.4 is 0 Å². The van der Waals surface area contributed by atoms with E-state index in [0.29, 0.717) is 30.7 Å². The monoisotopic (exact) mass is 301 g/mol. The van der Waals surface area contributed by atoms with Gasteiger partial charge in [0.15, 0.2) is 5.03 Å². The Labute approximate surface area is 122 Å². The van der Waals surface area contributed by atoms with Crippen molar-refractivity contribution in [2.45, 2.75) is 52.5 Å². The first-order chi connectivity index (χ1) is 9.23. The van der Waals surface area contributed by atoms with Crippen molar-refractivity contribution in [1.82, 2.24) is 14.3 Å². The van der Waals surface area contributed by atoms with E-state index in [1.54, 1.807) is 11.2 Å². The molecule has 116 valence electrons. The maximum absolute atomic E-state index is 12.6. The molecule has 5 nitrogen and oxygen atoms in total. The van der Waals surface area contributed by atoms with E-state index < -0.39 is 10.0 Å². The number of aromatic nitrogens is 2. The molecule has 6 heteroatoms.